The van der Waals surface area contributed by atoms with Gasteiger partial charge in [0.05, 0.1) is 5.92 Å². The summed E-state index contributed by atoms with van der Waals surface area (Å²) in [6, 6.07) is 0.591. The number of nitrogens with one attached hydrogen (secondary N) is 1. The Hall–Kier alpha value is -0.570. The fourth-order valence-corrected chi connectivity index (χ4v) is 4.27. The maximum Gasteiger partial charge on any atom is 0.226 e. The van der Waals surface area contributed by atoms with Gasteiger partial charge in [0.25, 0.3) is 0 Å². The number of carbonyl (C=O) groups is 1. The summed E-state index contributed by atoms with van der Waals surface area (Å²) < 4.78 is 0. The third-order valence-corrected chi connectivity index (χ3v) is 5.61. The first-order valence-corrected chi connectivity index (χ1v) is 8.26. The van der Waals surface area contributed by atoms with Gasteiger partial charge in [-0.25, -0.2) is 0 Å². The van der Waals surface area contributed by atoms with Crippen molar-refractivity contribution in [3.8, 4) is 0 Å². The highest BCUT2D eigenvalue weighted by molar-refractivity contribution is 5.79. The Kier molecular flexibility index (Phi) is 4.11. The van der Waals surface area contributed by atoms with Gasteiger partial charge in [-0.1, -0.05) is 19.3 Å². The van der Waals surface area contributed by atoms with Crippen molar-refractivity contribution in [2.45, 2.75) is 57.9 Å². The fraction of sp³-hybridized carbons (Fsp3) is 0.938. The number of fused-ring (bicyclic) bond motifs is 1. The first kappa shape index (κ1) is 13.4. The van der Waals surface area contributed by atoms with E-state index in [0.29, 0.717) is 11.9 Å². The normalized spacial score (nSPS) is 39.7. The summed E-state index contributed by atoms with van der Waals surface area (Å²) in [5.74, 6) is 2.41. The minimum absolute atomic E-state index is 0.247. The second-order valence-corrected chi connectivity index (χ2v) is 6.96. The quantitative estimate of drug-likeness (QED) is 0.789. The molecule has 4 unspecified atom stereocenters. The number of hydrogen-bond donors (Lipinski definition) is 1. The number of piperidine rings is 2. The SMILES string of the molecule is CC1CCC(C(=O)N2CCC3CCCCC3C2)CN1. The van der Waals surface area contributed by atoms with Gasteiger partial charge in [0.1, 0.15) is 0 Å². The van der Waals surface area contributed by atoms with Crippen molar-refractivity contribution in [1.29, 1.82) is 0 Å². The second-order valence-electron chi connectivity index (χ2n) is 6.96. The van der Waals surface area contributed by atoms with Crippen LogP contribution in [0.5, 0.6) is 0 Å². The summed E-state index contributed by atoms with van der Waals surface area (Å²) >= 11 is 0. The van der Waals surface area contributed by atoms with Crippen LogP contribution in [0.1, 0.15) is 51.9 Å². The molecule has 3 fully saturated rings. The van der Waals surface area contributed by atoms with Gasteiger partial charge in [0, 0.05) is 25.7 Å². The van der Waals surface area contributed by atoms with E-state index in [1.165, 1.54) is 32.1 Å². The predicted octanol–water partition coefficient (Wildman–Crippen LogP) is 2.41. The monoisotopic (exact) mass is 264 g/mol. The Bertz CT molecular complexity index is 323. The van der Waals surface area contributed by atoms with Gasteiger partial charge in [0.2, 0.25) is 5.91 Å². The van der Waals surface area contributed by atoms with E-state index in [1.54, 1.807) is 0 Å². The van der Waals surface area contributed by atoms with Gasteiger partial charge in [-0.05, 0) is 44.4 Å². The molecule has 19 heavy (non-hydrogen) atoms. The Morgan fingerprint density at radius 1 is 1.05 bits per heavy atom. The molecule has 1 aliphatic carbocycles. The highest BCUT2D eigenvalue weighted by atomic mass is 16.2. The summed E-state index contributed by atoms with van der Waals surface area (Å²) in [5.41, 5.74) is 0. The average Bonchev–Trinajstić information content (AvgIpc) is 2.47. The number of hydrogen-bond acceptors (Lipinski definition) is 2. The molecule has 1 N–H and O–H groups in total. The lowest BCUT2D eigenvalue weighted by Crippen LogP contribution is -2.50. The third-order valence-electron chi connectivity index (χ3n) is 5.61. The highest BCUT2D eigenvalue weighted by Gasteiger charge is 2.35. The molecule has 0 aromatic carbocycles. The number of carbonyl (C=O) groups excluding carboxylic acids is 1. The van der Waals surface area contributed by atoms with Crippen molar-refractivity contribution >= 4 is 5.91 Å². The third kappa shape index (κ3) is 2.96. The van der Waals surface area contributed by atoms with Gasteiger partial charge in [-0.3, -0.25) is 4.79 Å². The standard InChI is InChI=1S/C16H28N2O/c1-12-6-7-14(10-17-12)16(19)18-9-8-13-4-2-3-5-15(13)11-18/h12-15,17H,2-11H2,1H3. The fourth-order valence-electron chi connectivity index (χ4n) is 4.27. The zero-order chi connectivity index (χ0) is 13.2. The molecule has 4 atom stereocenters. The van der Waals surface area contributed by atoms with Crippen molar-refractivity contribution in [2.24, 2.45) is 17.8 Å². The van der Waals surface area contributed by atoms with Crippen LogP contribution in [0.4, 0.5) is 0 Å². The molecule has 108 valence electrons. The maximum atomic E-state index is 12.6. The predicted molar refractivity (Wildman–Crippen MR) is 76.8 cm³/mol. The van der Waals surface area contributed by atoms with E-state index in [0.717, 1.165) is 44.3 Å². The lowest BCUT2D eigenvalue weighted by atomic mass is 9.75. The summed E-state index contributed by atoms with van der Waals surface area (Å²) in [6.45, 7) is 5.18. The first-order chi connectivity index (χ1) is 9.24. The summed E-state index contributed by atoms with van der Waals surface area (Å²) in [4.78, 5) is 14.8. The molecule has 1 amide bonds. The summed E-state index contributed by atoms with van der Waals surface area (Å²) in [7, 11) is 0. The zero-order valence-corrected chi connectivity index (χ0v) is 12.2. The lowest BCUT2D eigenvalue weighted by Gasteiger charge is -2.43. The topological polar surface area (TPSA) is 32.3 Å². The molecule has 0 aromatic rings. The molecule has 3 aliphatic rings. The number of likely N-dealkylation sites (tertiary alicyclic amines) is 1. The zero-order valence-electron chi connectivity index (χ0n) is 12.2. The summed E-state index contributed by atoms with van der Waals surface area (Å²) in [6.07, 6.45) is 9.05. The maximum absolute atomic E-state index is 12.6. The van der Waals surface area contributed by atoms with Crippen molar-refractivity contribution in [3.05, 3.63) is 0 Å². The Balaban J connectivity index is 1.55. The summed E-state index contributed by atoms with van der Waals surface area (Å²) in [5, 5.41) is 3.46. The largest absolute Gasteiger partial charge is 0.342 e. The van der Waals surface area contributed by atoms with E-state index in [4.69, 9.17) is 0 Å². The molecule has 2 aliphatic heterocycles. The van der Waals surface area contributed by atoms with Crippen LogP contribution in [-0.2, 0) is 4.79 Å². The highest BCUT2D eigenvalue weighted by Crippen LogP contribution is 2.36. The van der Waals surface area contributed by atoms with E-state index in [-0.39, 0.29) is 5.92 Å². The molecule has 2 saturated heterocycles. The molecule has 3 heteroatoms. The van der Waals surface area contributed by atoms with E-state index in [2.05, 4.69) is 17.1 Å². The Morgan fingerprint density at radius 2 is 1.84 bits per heavy atom. The van der Waals surface area contributed by atoms with E-state index in [1.807, 2.05) is 0 Å². The number of nitrogens with zero attached hydrogens (tertiary/aromatic N) is 1. The van der Waals surface area contributed by atoms with Gasteiger partial charge in [-0.2, -0.15) is 0 Å². The van der Waals surface area contributed by atoms with Crippen LogP contribution in [0, 0.1) is 17.8 Å². The van der Waals surface area contributed by atoms with Crippen LogP contribution in [0.2, 0.25) is 0 Å². The smallest absolute Gasteiger partial charge is 0.226 e. The van der Waals surface area contributed by atoms with Crippen molar-refractivity contribution in [3.63, 3.8) is 0 Å². The van der Waals surface area contributed by atoms with Crippen LogP contribution in [0.25, 0.3) is 0 Å². The molecule has 1 saturated carbocycles. The Labute approximate surface area is 117 Å². The van der Waals surface area contributed by atoms with Gasteiger partial charge in [0.15, 0.2) is 0 Å². The molecule has 2 heterocycles. The molecular weight excluding hydrogens is 236 g/mol. The molecule has 3 nitrogen and oxygen atoms in total. The van der Waals surface area contributed by atoms with Gasteiger partial charge >= 0.3 is 0 Å². The minimum Gasteiger partial charge on any atom is -0.342 e. The van der Waals surface area contributed by atoms with E-state index < -0.39 is 0 Å². The minimum atomic E-state index is 0.247. The molecular formula is C16H28N2O. The van der Waals surface area contributed by atoms with Crippen molar-refractivity contribution in [2.75, 3.05) is 19.6 Å². The second kappa shape index (κ2) is 5.82. The van der Waals surface area contributed by atoms with Crippen LogP contribution < -0.4 is 5.32 Å². The molecule has 0 radical (unpaired) electrons. The van der Waals surface area contributed by atoms with E-state index in [9.17, 15) is 4.79 Å². The average molecular weight is 264 g/mol. The van der Waals surface area contributed by atoms with Crippen molar-refractivity contribution < 1.29 is 4.79 Å². The molecule has 0 aromatic heterocycles. The molecule has 0 bridgehead atoms. The number of rotatable bonds is 1. The van der Waals surface area contributed by atoms with Crippen LogP contribution in [-0.4, -0.2) is 36.5 Å². The van der Waals surface area contributed by atoms with Gasteiger partial charge in [-0.15, -0.1) is 0 Å². The molecule has 0 spiro atoms. The van der Waals surface area contributed by atoms with Crippen LogP contribution in [0.3, 0.4) is 0 Å². The first-order valence-electron chi connectivity index (χ1n) is 8.26. The molecule has 3 rings (SSSR count). The van der Waals surface area contributed by atoms with E-state index >= 15 is 0 Å². The Morgan fingerprint density at radius 3 is 2.58 bits per heavy atom. The van der Waals surface area contributed by atoms with Crippen LogP contribution >= 0.6 is 0 Å². The lowest BCUT2D eigenvalue weighted by molar-refractivity contribution is -0.139. The van der Waals surface area contributed by atoms with Crippen molar-refractivity contribution in [1.82, 2.24) is 10.2 Å². The van der Waals surface area contributed by atoms with Crippen LogP contribution in [0.15, 0.2) is 0 Å². The number of amides is 1. The van der Waals surface area contributed by atoms with Gasteiger partial charge < -0.3 is 10.2 Å².